The molecule has 0 aliphatic heterocycles. The van der Waals surface area contributed by atoms with Gasteiger partial charge in [0.25, 0.3) is 0 Å². The fraction of sp³-hybridized carbons (Fsp3) is 0.292. The van der Waals surface area contributed by atoms with E-state index in [-0.39, 0.29) is 11.3 Å². The standard InChI is InChI=1S/C24H26N2O2/c1-17(27)14-24(2,15-19-16-25-22-9-5-4-8-21(19)22)26-12-11-20-13-18-7-3-6-10-23(18)28-20/h3-10,13,16,25-26H,11-12,14-15H2,1-2H3. The molecule has 4 rings (SSSR count). The summed E-state index contributed by atoms with van der Waals surface area (Å²) >= 11 is 0. The van der Waals surface area contributed by atoms with Gasteiger partial charge in [-0.05, 0) is 44.0 Å². The van der Waals surface area contributed by atoms with Gasteiger partial charge in [-0.1, -0.05) is 36.4 Å². The highest BCUT2D eigenvalue weighted by Gasteiger charge is 2.27. The first kappa shape index (κ1) is 18.5. The Balaban J connectivity index is 1.47. The highest BCUT2D eigenvalue weighted by molar-refractivity contribution is 5.83. The number of benzene rings is 2. The van der Waals surface area contributed by atoms with E-state index in [1.54, 1.807) is 6.92 Å². The number of aromatic amines is 1. The normalized spacial score (nSPS) is 13.8. The predicted octanol–water partition coefficient (Wildman–Crippen LogP) is 5.03. The average molecular weight is 374 g/mol. The fourth-order valence-corrected chi connectivity index (χ4v) is 4.08. The molecule has 4 aromatic rings. The molecule has 0 amide bonds. The summed E-state index contributed by atoms with van der Waals surface area (Å²) in [5.74, 6) is 1.16. The minimum Gasteiger partial charge on any atom is -0.461 e. The highest BCUT2D eigenvalue weighted by Crippen LogP contribution is 2.25. The van der Waals surface area contributed by atoms with E-state index in [9.17, 15) is 4.79 Å². The number of H-pyrrole nitrogens is 1. The second-order valence-corrected chi connectivity index (χ2v) is 7.90. The first-order valence-corrected chi connectivity index (χ1v) is 9.79. The molecule has 2 heterocycles. The van der Waals surface area contributed by atoms with Gasteiger partial charge in [0, 0.05) is 47.4 Å². The van der Waals surface area contributed by atoms with Crippen LogP contribution in [0.25, 0.3) is 21.9 Å². The van der Waals surface area contributed by atoms with Gasteiger partial charge in [0.2, 0.25) is 0 Å². The van der Waals surface area contributed by atoms with Gasteiger partial charge in [-0.25, -0.2) is 0 Å². The lowest BCUT2D eigenvalue weighted by Crippen LogP contribution is -2.46. The van der Waals surface area contributed by atoms with Gasteiger partial charge < -0.3 is 14.7 Å². The Labute approximate surface area is 164 Å². The van der Waals surface area contributed by atoms with Crippen molar-refractivity contribution >= 4 is 27.7 Å². The third kappa shape index (κ3) is 4.02. The van der Waals surface area contributed by atoms with Crippen LogP contribution >= 0.6 is 0 Å². The van der Waals surface area contributed by atoms with Gasteiger partial charge in [0.15, 0.2) is 0 Å². The summed E-state index contributed by atoms with van der Waals surface area (Å²) in [4.78, 5) is 15.3. The van der Waals surface area contributed by atoms with Gasteiger partial charge in [-0.2, -0.15) is 0 Å². The van der Waals surface area contributed by atoms with Gasteiger partial charge in [0.1, 0.15) is 17.1 Å². The van der Waals surface area contributed by atoms with E-state index >= 15 is 0 Å². The molecule has 0 spiro atoms. The van der Waals surface area contributed by atoms with E-state index in [0.29, 0.717) is 6.42 Å². The molecule has 0 saturated heterocycles. The van der Waals surface area contributed by atoms with Gasteiger partial charge >= 0.3 is 0 Å². The van der Waals surface area contributed by atoms with Crippen LogP contribution in [0.2, 0.25) is 0 Å². The van der Waals surface area contributed by atoms with Crippen LogP contribution in [0.5, 0.6) is 0 Å². The maximum atomic E-state index is 11.9. The molecule has 2 aromatic carbocycles. The van der Waals surface area contributed by atoms with E-state index in [1.807, 2.05) is 24.3 Å². The Morgan fingerprint density at radius 3 is 2.75 bits per heavy atom. The number of hydrogen-bond donors (Lipinski definition) is 2. The number of para-hydroxylation sites is 2. The molecule has 28 heavy (non-hydrogen) atoms. The summed E-state index contributed by atoms with van der Waals surface area (Å²) in [6, 6.07) is 18.4. The zero-order valence-electron chi connectivity index (χ0n) is 16.4. The number of fused-ring (bicyclic) bond motifs is 2. The smallest absolute Gasteiger partial charge is 0.134 e. The summed E-state index contributed by atoms with van der Waals surface area (Å²) < 4.78 is 5.92. The van der Waals surface area contributed by atoms with Crippen LogP contribution in [-0.2, 0) is 17.6 Å². The lowest BCUT2D eigenvalue weighted by molar-refractivity contribution is -0.118. The molecule has 0 saturated carbocycles. The number of furan rings is 1. The molecule has 2 aromatic heterocycles. The Bertz CT molecular complexity index is 1070. The van der Waals surface area contributed by atoms with Crippen molar-refractivity contribution in [2.75, 3.05) is 6.54 Å². The Morgan fingerprint density at radius 1 is 1.14 bits per heavy atom. The van der Waals surface area contributed by atoms with Gasteiger partial charge in [-0.3, -0.25) is 4.79 Å². The van der Waals surface area contributed by atoms with Crippen molar-refractivity contribution in [1.29, 1.82) is 0 Å². The van der Waals surface area contributed by atoms with Crippen LogP contribution in [0.15, 0.2) is 65.2 Å². The topological polar surface area (TPSA) is 58.0 Å². The molecule has 1 unspecified atom stereocenters. The van der Waals surface area contributed by atoms with Crippen LogP contribution in [0, 0.1) is 0 Å². The molecular weight excluding hydrogens is 348 g/mol. The third-order valence-electron chi connectivity index (χ3n) is 5.29. The van der Waals surface area contributed by atoms with Crippen LogP contribution in [0.1, 0.15) is 31.6 Å². The van der Waals surface area contributed by atoms with E-state index in [1.165, 1.54) is 10.9 Å². The molecule has 0 aliphatic carbocycles. The van der Waals surface area contributed by atoms with Crippen molar-refractivity contribution in [1.82, 2.24) is 10.3 Å². The Hall–Kier alpha value is -2.85. The molecule has 0 bridgehead atoms. The largest absolute Gasteiger partial charge is 0.461 e. The van der Waals surface area contributed by atoms with Crippen molar-refractivity contribution in [3.05, 3.63) is 72.1 Å². The monoisotopic (exact) mass is 374 g/mol. The predicted molar refractivity (Wildman–Crippen MR) is 114 cm³/mol. The molecule has 0 aliphatic rings. The molecule has 144 valence electrons. The molecule has 0 fully saturated rings. The summed E-state index contributed by atoms with van der Waals surface area (Å²) in [6.45, 7) is 4.55. The summed E-state index contributed by atoms with van der Waals surface area (Å²) in [5, 5.41) is 5.97. The third-order valence-corrected chi connectivity index (χ3v) is 5.29. The minimum atomic E-state index is -0.303. The van der Waals surface area contributed by atoms with Crippen molar-refractivity contribution in [3.8, 4) is 0 Å². The Kier molecular flexibility index (Phi) is 5.05. The number of aromatic nitrogens is 1. The second-order valence-electron chi connectivity index (χ2n) is 7.90. The summed E-state index contributed by atoms with van der Waals surface area (Å²) in [6.07, 6.45) is 4.13. The zero-order chi connectivity index (χ0) is 19.6. The van der Waals surface area contributed by atoms with Crippen molar-refractivity contribution in [3.63, 3.8) is 0 Å². The maximum Gasteiger partial charge on any atom is 0.134 e. The van der Waals surface area contributed by atoms with E-state index < -0.39 is 0 Å². The number of carbonyl (C=O) groups is 1. The van der Waals surface area contributed by atoms with Crippen molar-refractivity contribution in [2.45, 2.75) is 38.6 Å². The first-order chi connectivity index (χ1) is 13.5. The van der Waals surface area contributed by atoms with Crippen LogP contribution in [0.3, 0.4) is 0 Å². The number of rotatable bonds is 8. The van der Waals surface area contributed by atoms with Crippen LogP contribution in [0.4, 0.5) is 0 Å². The minimum absolute atomic E-state index is 0.193. The first-order valence-electron chi connectivity index (χ1n) is 9.79. The van der Waals surface area contributed by atoms with E-state index in [0.717, 1.165) is 41.6 Å². The summed E-state index contributed by atoms with van der Waals surface area (Å²) in [7, 11) is 0. The SMILES string of the molecule is CC(=O)CC(C)(Cc1c[nH]c2ccccc12)NCCc1cc2ccccc2o1. The number of ketones is 1. The van der Waals surface area contributed by atoms with Crippen LogP contribution in [-0.4, -0.2) is 22.9 Å². The van der Waals surface area contributed by atoms with Crippen LogP contribution < -0.4 is 5.32 Å². The van der Waals surface area contributed by atoms with E-state index in [4.69, 9.17) is 4.42 Å². The van der Waals surface area contributed by atoms with Gasteiger partial charge in [-0.15, -0.1) is 0 Å². The molecule has 4 nitrogen and oxygen atoms in total. The number of hydrogen-bond acceptors (Lipinski definition) is 3. The lowest BCUT2D eigenvalue weighted by atomic mass is 9.87. The number of carbonyl (C=O) groups excluding carboxylic acids is 1. The molecule has 4 heteroatoms. The summed E-state index contributed by atoms with van der Waals surface area (Å²) in [5.41, 5.74) is 2.98. The van der Waals surface area contributed by atoms with Crippen molar-refractivity contribution in [2.24, 2.45) is 0 Å². The maximum absolute atomic E-state index is 11.9. The quantitative estimate of drug-likeness (QED) is 0.455. The molecule has 1 atom stereocenters. The average Bonchev–Trinajstić information content (AvgIpc) is 3.25. The van der Waals surface area contributed by atoms with Crippen molar-refractivity contribution < 1.29 is 9.21 Å². The lowest BCUT2D eigenvalue weighted by Gasteiger charge is -2.30. The molecular formula is C24H26N2O2. The fourth-order valence-electron chi connectivity index (χ4n) is 4.08. The Morgan fingerprint density at radius 2 is 1.93 bits per heavy atom. The molecule has 0 radical (unpaired) electrons. The number of Topliss-reactive ketones (excluding diaryl/α,β-unsaturated/α-hetero) is 1. The van der Waals surface area contributed by atoms with E-state index in [2.05, 4.69) is 53.8 Å². The molecule has 2 N–H and O–H groups in total. The second kappa shape index (κ2) is 7.64. The van der Waals surface area contributed by atoms with Gasteiger partial charge in [0.05, 0.1) is 0 Å². The highest BCUT2D eigenvalue weighted by atomic mass is 16.3. The zero-order valence-corrected chi connectivity index (χ0v) is 16.4. The number of nitrogens with one attached hydrogen (secondary N) is 2.